The minimum absolute atomic E-state index is 0.533. The van der Waals surface area contributed by atoms with E-state index in [0.29, 0.717) is 6.04 Å². The van der Waals surface area contributed by atoms with Crippen LogP contribution in [0.2, 0.25) is 0 Å². The summed E-state index contributed by atoms with van der Waals surface area (Å²) in [7, 11) is 2.19. The maximum atomic E-state index is 4.46. The van der Waals surface area contributed by atoms with E-state index in [9.17, 15) is 0 Å². The van der Waals surface area contributed by atoms with Crippen molar-refractivity contribution in [1.82, 2.24) is 14.9 Å². The molecule has 1 fully saturated rings. The molecule has 0 unspecified atom stereocenters. The third-order valence-electron chi connectivity index (χ3n) is 3.90. The molecule has 2 rings (SSSR count). The van der Waals surface area contributed by atoms with E-state index < -0.39 is 0 Å². The van der Waals surface area contributed by atoms with Crippen molar-refractivity contribution in [2.24, 2.45) is 0 Å². The molecular formula is C15H27N5. The van der Waals surface area contributed by atoms with Gasteiger partial charge in [0.2, 0.25) is 0 Å². The van der Waals surface area contributed by atoms with Crippen LogP contribution in [0.1, 0.15) is 38.7 Å². The summed E-state index contributed by atoms with van der Waals surface area (Å²) < 4.78 is 0. The molecule has 0 amide bonds. The monoisotopic (exact) mass is 277 g/mol. The summed E-state index contributed by atoms with van der Waals surface area (Å²) in [6, 6.07) is 0.533. The average molecular weight is 277 g/mol. The number of aromatic nitrogens is 2. The molecule has 1 aliphatic rings. The molecular weight excluding hydrogens is 250 g/mol. The van der Waals surface area contributed by atoms with Gasteiger partial charge in [0.25, 0.3) is 0 Å². The molecule has 1 aromatic heterocycles. The second-order valence-electron chi connectivity index (χ2n) is 5.55. The molecule has 2 heterocycles. The van der Waals surface area contributed by atoms with E-state index in [-0.39, 0.29) is 0 Å². The Balaban J connectivity index is 2.06. The van der Waals surface area contributed by atoms with Gasteiger partial charge in [0, 0.05) is 18.2 Å². The van der Waals surface area contributed by atoms with Crippen molar-refractivity contribution in [3.05, 3.63) is 11.9 Å². The van der Waals surface area contributed by atoms with E-state index in [1.165, 1.54) is 18.4 Å². The highest BCUT2D eigenvalue weighted by atomic mass is 15.1. The van der Waals surface area contributed by atoms with Crippen molar-refractivity contribution in [3.8, 4) is 0 Å². The van der Waals surface area contributed by atoms with Gasteiger partial charge < -0.3 is 15.5 Å². The third-order valence-corrected chi connectivity index (χ3v) is 3.90. The Labute approximate surface area is 122 Å². The third kappa shape index (κ3) is 3.82. The fourth-order valence-electron chi connectivity index (χ4n) is 2.61. The van der Waals surface area contributed by atoms with Crippen LogP contribution in [-0.4, -0.2) is 47.6 Å². The predicted octanol–water partition coefficient (Wildman–Crippen LogP) is 2.37. The van der Waals surface area contributed by atoms with Crippen LogP contribution in [0.4, 0.5) is 11.6 Å². The molecule has 1 saturated heterocycles. The average Bonchev–Trinajstić information content (AvgIpc) is 2.47. The molecule has 5 heteroatoms. The Bertz CT molecular complexity index is 413. The van der Waals surface area contributed by atoms with Crippen molar-refractivity contribution < 1.29 is 0 Å². The summed E-state index contributed by atoms with van der Waals surface area (Å²) in [6.45, 7) is 7.60. The van der Waals surface area contributed by atoms with Crippen LogP contribution < -0.4 is 10.6 Å². The van der Waals surface area contributed by atoms with Gasteiger partial charge in [-0.05, 0) is 45.8 Å². The summed E-state index contributed by atoms with van der Waals surface area (Å²) >= 11 is 0. The lowest BCUT2D eigenvalue weighted by Crippen LogP contribution is -2.37. The van der Waals surface area contributed by atoms with Crippen LogP contribution in [0.5, 0.6) is 0 Å². The van der Waals surface area contributed by atoms with Gasteiger partial charge in [-0.15, -0.1) is 0 Å². The van der Waals surface area contributed by atoms with E-state index in [0.717, 1.165) is 44.1 Å². The van der Waals surface area contributed by atoms with Gasteiger partial charge in [-0.3, -0.25) is 0 Å². The lowest BCUT2D eigenvalue weighted by Gasteiger charge is -2.30. The van der Waals surface area contributed by atoms with Gasteiger partial charge in [0.05, 0.1) is 0 Å². The molecule has 0 atom stereocenters. The molecule has 0 spiro atoms. The molecule has 0 aromatic carbocycles. The van der Waals surface area contributed by atoms with Gasteiger partial charge in [0.1, 0.15) is 18.0 Å². The van der Waals surface area contributed by atoms with Gasteiger partial charge >= 0.3 is 0 Å². The smallest absolute Gasteiger partial charge is 0.134 e. The summed E-state index contributed by atoms with van der Waals surface area (Å²) in [5.74, 6) is 2.00. The first kappa shape index (κ1) is 15.0. The number of nitrogens with one attached hydrogen (secondary N) is 2. The second-order valence-corrected chi connectivity index (χ2v) is 5.55. The summed E-state index contributed by atoms with van der Waals surface area (Å²) in [5, 5.41) is 7.02. The van der Waals surface area contributed by atoms with Gasteiger partial charge in [-0.25, -0.2) is 9.97 Å². The summed E-state index contributed by atoms with van der Waals surface area (Å²) in [4.78, 5) is 11.2. The molecule has 2 N–H and O–H groups in total. The molecule has 0 bridgehead atoms. The first-order valence-electron chi connectivity index (χ1n) is 7.77. The van der Waals surface area contributed by atoms with Gasteiger partial charge in [-0.2, -0.15) is 0 Å². The second kappa shape index (κ2) is 7.43. The van der Waals surface area contributed by atoms with E-state index in [1.807, 2.05) is 0 Å². The Morgan fingerprint density at radius 2 is 1.90 bits per heavy atom. The largest absolute Gasteiger partial charge is 0.370 e. The first-order valence-corrected chi connectivity index (χ1v) is 7.77. The highest BCUT2D eigenvalue weighted by molar-refractivity contribution is 5.57. The highest BCUT2D eigenvalue weighted by Gasteiger charge is 2.18. The zero-order valence-corrected chi connectivity index (χ0v) is 12.9. The van der Waals surface area contributed by atoms with E-state index in [1.54, 1.807) is 6.33 Å². The Kier molecular flexibility index (Phi) is 5.59. The van der Waals surface area contributed by atoms with Crippen LogP contribution in [0, 0.1) is 0 Å². The van der Waals surface area contributed by atoms with E-state index >= 15 is 0 Å². The Morgan fingerprint density at radius 3 is 2.55 bits per heavy atom. The standard InChI is InChI=1S/C15H27N5/c1-4-8-16-14-13(5-2)15(18-11-17-14)19-12-6-9-20(3)10-7-12/h11-12H,4-10H2,1-3H3,(H2,16,17,18,19). The van der Waals surface area contributed by atoms with Crippen molar-refractivity contribution in [3.63, 3.8) is 0 Å². The molecule has 0 radical (unpaired) electrons. The quantitative estimate of drug-likeness (QED) is 0.836. The fraction of sp³-hybridized carbons (Fsp3) is 0.733. The Hall–Kier alpha value is -1.36. The molecule has 20 heavy (non-hydrogen) atoms. The van der Waals surface area contributed by atoms with Crippen LogP contribution in [0.3, 0.4) is 0 Å². The number of rotatable bonds is 6. The topological polar surface area (TPSA) is 53.1 Å². The SMILES string of the molecule is CCCNc1ncnc(NC2CCN(C)CC2)c1CC. The fourth-order valence-corrected chi connectivity index (χ4v) is 2.61. The van der Waals surface area contributed by atoms with E-state index in [4.69, 9.17) is 0 Å². The molecule has 1 aliphatic heterocycles. The zero-order chi connectivity index (χ0) is 14.4. The number of piperidine rings is 1. The molecule has 112 valence electrons. The molecule has 0 saturated carbocycles. The lowest BCUT2D eigenvalue weighted by atomic mass is 10.1. The first-order chi connectivity index (χ1) is 9.74. The lowest BCUT2D eigenvalue weighted by molar-refractivity contribution is 0.263. The maximum Gasteiger partial charge on any atom is 0.134 e. The van der Waals surface area contributed by atoms with E-state index in [2.05, 4.69) is 46.4 Å². The van der Waals surface area contributed by atoms with Crippen molar-refractivity contribution in [1.29, 1.82) is 0 Å². The molecule has 1 aromatic rings. The summed E-state index contributed by atoms with van der Waals surface area (Å²) in [6.07, 6.45) is 6.07. The molecule has 5 nitrogen and oxygen atoms in total. The summed E-state index contributed by atoms with van der Waals surface area (Å²) in [5.41, 5.74) is 1.21. The van der Waals surface area contributed by atoms with Crippen LogP contribution >= 0.6 is 0 Å². The van der Waals surface area contributed by atoms with Crippen LogP contribution in [0.25, 0.3) is 0 Å². The van der Waals surface area contributed by atoms with Crippen molar-refractivity contribution in [2.75, 3.05) is 37.3 Å². The normalized spacial score (nSPS) is 17.1. The minimum atomic E-state index is 0.533. The zero-order valence-electron chi connectivity index (χ0n) is 12.9. The number of hydrogen-bond acceptors (Lipinski definition) is 5. The minimum Gasteiger partial charge on any atom is -0.370 e. The number of likely N-dealkylation sites (tertiary alicyclic amines) is 1. The Morgan fingerprint density at radius 1 is 1.20 bits per heavy atom. The van der Waals surface area contributed by atoms with Crippen molar-refractivity contribution >= 4 is 11.6 Å². The maximum absolute atomic E-state index is 4.46. The molecule has 0 aliphatic carbocycles. The van der Waals surface area contributed by atoms with Crippen LogP contribution in [0.15, 0.2) is 6.33 Å². The van der Waals surface area contributed by atoms with Crippen molar-refractivity contribution in [2.45, 2.75) is 45.6 Å². The van der Waals surface area contributed by atoms with Crippen LogP contribution in [-0.2, 0) is 6.42 Å². The number of nitrogens with zero attached hydrogens (tertiary/aromatic N) is 3. The van der Waals surface area contributed by atoms with Gasteiger partial charge in [0.15, 0.2) is 0 Å². The highest BCUT2D eigenvalue weighted by Crippen LogP contribution is 2.23. The predicted molar refractivity (Wildman–Crippen MR) is 84.3 cm³/mol. The number of hydrogen-bond donors (Lipinski definition) is 2. The number of anilines is 2. The van der Waals surface area contributed by atoms with Gasteiger partial charge in [-0.1, -0.05) is 13.8 Å².